The molecule has 0 saturated heterocycles. The minimum Gasteiger partial charge on any atom is -0.481 e. The van der Waals surface area contributed by atoms with Crippen molar-refractivity contribution in [2.45, 2.75) is 33.3 Å². The predicted molar refractivity (Wildman–Crippen MR) is 102 cm³/mol. The molecule has 0 unspecified atom stereocenters. The molecule has 7 heteroatoms. The number of nitrogens with one attached hydrogen (secondary N) is 1. The van der Waals surface area contributed by atoms with E-state index >= 15 is 0 Å². The summed E-state index contributed by atoms with van der Waals surface area (Å²) in [5.41, 5.74) is 2.33. The number of hydrogen-bond donors (Lipinski definition) is 1. The summed E-state index contributed by atoms with van der Waals surface area (Å²) in [6.45, 7) is 5.99. The Morgan fingerprint density at radius 3 is 2.76 bits per heavy atom. The van der Waals surface area contributed by atoms with Crippen molar-refractivity contribution in [1.29, 1.82) is 0 Å². The number of aryl methyl sites for hydroxylation is 2. The average Bonchev–Trinajstić information content (AvgIpc) is 3.27. The van der Waals surface area contributed by atoms with Crippen molar-refractivity contribution in [3.63, 3.8) is 0 Å². The van der Waals surface area contributed by atoms with Crippen LogP contribution >= 0.6 is 22.7 Å². The van der Waals surface area contributed by atoms with E-state index in [4.69, 9.17) is 4.74 Å². The first-order valence-corrected chi connectivity index (χ1v) is 9.68. The molecule has 130 valence electrons. The van der Waals surface area contributed by atoms with Gasteiger partial charge in [0.25, 0.3) is 5.91 Å². The Balaban J connectivity index is 1.67. The lowest BCUT2D eigenvalue weighted by atomic mass is 10.1. The van der Waals surface area contributed by atoms with E-state index in [-0.39, 0.29) is 5.91 Å². The van der Waals surface area contributed by atoms with Crippen LogP contribution in [0.1, 0.15) is 24.5 Å². The summed E-state index contributed by atoms with van der Waals surface area (Å²) in [7, 11) is 0. The lowest BCUT2D eigenvalue weighted by molar-refractivity contribution is -0.122. The zero-order valence-corrected chi connectivity index (χ0v) is 15.9. The van der Waals surface area contributed by atoms with Crippen molar-refractivity contribution >= 4 is 33.7 Å². The van der Waals surface area contributed by atoms with Gasteiger partial charge >= 0.3 is 0 Å². The van der Waals surface area contributed by atoms with E-state index in [0.717, 1.165) is 15.4 Å². The van der Waals surface area contributed by atoms with E-state index in [0.29, 0.717) is 17.3 Å². The van der Waals surface area contributed by atoms with Crippen LogP contribution in [0, 0.1) is 13.8 Å². The molecule has 1 atom stereocenters. The third-order valence-corrected chi connectivity index (χ3v) is 5.68. The first kappa shape index (κ1) is 17.6. The van der Waals surface area contributed by atoms with Gasteiger partial charge in [-0.3, -0.25) is 10.1 Å². The molecule has 3 rings (SSSR count). The van der Waals surface area contributed by atoms with Gasteiger partial charge in [0.1, 0.15) is 5.75 Å². The summed E-state index contributed by atoms with van der Waals surface area (Å²) in [6, 6.07) is 9.77. The first-order valence-electron chi connectivity index (χ1n) is 7.99. The van der Waals surface area contributed by atoms with Gasteiger partial charge in [-0.25, -0.2) is 0 Å². The molecule has 0 spiro atoms. The molecule has 0 fully saturated rings. The molecule has 3 aromatic rings. The van der Waals surface area contributed by atoms with E-state index in [2.05, 4.69) is 15.5 Å². The number of hydrogen-bond acceptors (Lipinski definition) is 6. The van der Waals surface area contributed by atoms with E-state index in [1.165, 1.54) is 16.9 Å². The number of carbonyl (C=O) groups is 1. The number of anilines is 1. The number of amides is 1. The Kier molecular flexibility index (Phi) is 5.45. The SMILES string of the molecule is CC[C@H](Oc1ccc(C)c(C)c1)C(=O)Nc1nnc(-c2cccs2)s1. The van der Waals surface area contributed by atoms with Gasteiger partial charge < -0.3 is 4.74 Å². The highest BCUT2D eigenvalue weighted by Crippen LogP contribution is 2.30. The van der Waals surface area contributed by atoms with Crippen LogP contribution in [0.4, 0.5) is 5.13 Å². The van der Waals surface area contributed by atoms with Gasteiger partial charge in [-0.1, -0.05) is 30.4 Å². The van der Waals surface area contributed by atoms with Crippen LogP contribution in [0.25, 0.3) is 9.88 Å². The first-order chi connectivity index (χ1) is 12.1. The molecular formula is C18H19N3O2S2. The Bertz CT molecular complexity index is 859. The maximum absolute atomic E-state index is 12.5. The van der Waals surface area contributed by atoms with Crippen molar-refractivity contribution < 1.29 is 9.53 Å². The lowest BCUT2D eigenvalue weighted by Gasteiger charge is -2.17. The largest absolute Gasteiger partial charge is 0.481 e. The van der Waals surface area contributed by atoms with E-state index in [1.807, 2.05) is 56.5 Å². The maximum atomic E-state index is 12.5. The number of benzene rings is 1. The number of ether oxygens (including phenoxy) is 1. The summed E-state index contributed by atoms with van der Waals surface area (Å²) in [5, 5.41) is 14.2. The second-order valence-corrected chi connectivity index (χ2v) is 7.56. The van der Waals surface area contributed by atoms with Crippen LogP contribution < -0.4 is 10.1 Å². The van der Waals surface area contributed by atoms with Crippen LogP contribution in [-0.4, -0.2) is 22.2 Å². The minimum absolute atomic E-state index is 0.213. The normalized spacial score (nSPS) is 12.0. The Labute approximate surface area is 154 Å². The maximum Gasteiger partial charge on any atom is 0.267 e. The van der Waals surface area contributed by atoms with Gasteiger partial charge in [-0.15, -0.1) is 21.5 Å². The third-order valence-electron chi connectivity index (χ3n) is 3.81. The molecule has 0 aliphatic heterocycles. The van der Waals surface area contributed by atoms with Crippen molar-refractivity contribution in [3.05, 3.63) is 46.8 Å². The van der Waals surface area contributed by atoms with Gasteiger partial charge in [-0.05, 0) is 55.0 Å². The zero-order valence-electron chi connectivity index (χ0n) is 14.3. The third kappa shape index (κ3) is 4.24. The van der Waals surface area contributed by atoms with Crippen LogP contribution in [-0.2, 0) is 4.79 Å². The summed E-state index contributed by atoms with van der Waals surface area (Å²) in [6.07, 6.45) is -0.00814. The highest BCUT2D eigenvalue weighted by Gasteiger charge is 2.20. The zero-order chi connectivity index (χ0) is 17.8. The molecule has 0 saturated carbocycles. The molecule has 0 aliphatic rings. The van der Waals surface area contributed by atoms with Crippen LogP contribution in [0.5, 0.6) is 5.75 Å². The van der Waals surface area contributed by atoms with Gasteiger partial charge in [0.2, 0.25) is 5.13 Å². The molecular weight excluding hydrogens is 354 g/mol. The molecule has 2 aromatic heterocycles. The van der Waals surface area contributed by atoms with Crippen molar-refractivity contribution in [3.8, 4) is 15.6 Å². The topological polar surface area (TPSA) is 64.1 Å². The van der Waals surface area contributed by atoms with E-state index in [1.54, 1.807) is 11.3 Å². The van der Waals surface area contributed by atoms with Gasteiger partial charge in [0.05, 0.1) is 4.88 Å². The number of aromatic nitrogens is 2. The molecule has 1 amide bonds. The second-order valence-electron chi connectivity index (χ2n) is 5.64. The Morgan fingerprint density at radius 1 is 1.24 bits per heavy atom. The lowest BCUT2D eigenvalue weighted by Crippen LogP contribution is -2.32. The summed E-state index contributed by atoms with van der Waals surface area (Å²) in [5.74, 6) is 0.483. The molecule has 2 heterocycles. The average molecular weight is 374 g/mol. The molecule has 0 radical (unpaired) electrons. The van der Waals surface area contributed by atoms with Gasteiger partial charge in [0, 0.05) is 0 Å². The number of thiophene rings is 1. The predicted octanol–water partition coefficient (Wildman–Crippen LogP) is 4.68. The van der Waals surface area contributed by atoms with Crippen LogP contribution in [0.15, 0.2) is 35.7 Å². The summed E-state index contributed by atoms with van der Waals surface area (Å²) < 4.78 is 5.86. The fourth-order valence-corrected chi connectivity index (χ4v) is 3.77. The van der Waals surface area contributed by atoms with E-state index in [9.17, 15) is 4.79 Å². The molecule has 5 nitrogen and oxygen atoms in total. The van der Waals surface area contributed by atoms with Crippen molar-refractivity contribution in [2.24, 2.45) is 0 Å². The quantitative estimate of drug-likeness (QED) is 0.681. The Hall–Kier alpha value is -2.25. The van der Waals surface area contributed by atoms with Gasteiger partial charge in [-0.2, -0.15) is 0 Å². The standard InChI is InChI=1S/C18H19N3O2S2/c1-4-14(23-13-8-7-11(2)12(3)10-13)16(22)19-18-21-20-17(25-18)15-6-5-9-24-15/h5-10,14H,4H2,1-3H3,(H,19,21,22)/t14-/m0/s1. The molecule has 1 aromatic carbocycles. The molecule has 0 aliphatic carbocycles. The highest BCUT2D eigenvalue weighted by molar-refractivity contribution is 7.23. The fourth-order valence-electron chi connectivity index (χ4n) is 2.23. The number of rotatable bonds is 6. The molecule has 0 bridgehead atoms. The minimum atomic E-state index is -0.573. The smallest absolute Gasteiger partial charge is 0.267 e. The molecule has 25 heavy (non-hydrogen) atoms. The van der Waals surface area contributed by atoms with Gasteiger partial charge in [0.15, 0.2) is 11.1 Å². The van der Waals surface area contributed by atoms with Crippen molar-refractivity contribution in [2.75, 3.05) is 5.32 Å². The Morgan fingerprint density at radius 2 is 2.08 bits per heavy atom. The molecule has 1 N–H and O–H groups in total. The monoisotopic (exact) mass is 373 g/mol. The van der Waals surface area contributed by atoms with Crippen LogP contribution in [0.3, 0.4) is 0 Å². The fraction of sp³-hybridized carbons (Fsp3) is 0.278. The highest BCUT2D eigenvalue weighted by atomic mass is 32.1. The number of carbonyl (C=O) groups excluding carboxylic acids is 1. The second kappa shape index (κ2) is 7.76. The van der Waals surface area contributed by atoms with E-state index < -0.39 is 6.10 Å². The van der Waals surface area contributed by atoms with Crippen molar-refractivity contribution in [1.82, 2.24) is 10.2 Å². The van der Waals surface area contributed by atoms with Crippen LogP contribution in [0.2, 0.25) is 0 Å². The number of nitrogens with zero attached hydrogens (tertiary/aromatic N) is 2. The summed E-state index contributed by atoms with van der Waals surface area (Å²) >= 11 is 2.95. The summed E-state index contributed by atoms with van der Waals surface area (Å²) in [4.78, 5) is 13.5.